The van der Waals surface area contributed by atoms with Gasteiger partial charge < -0.3 is 26.5 Å². The van der Waals surface area contributed by atoms with Crippen molar-refractivity contribution in [2.75, 3.05) is 42.6 Å². The lowest BCUT2D eigenvalue weighted by Gasteiger charge is -2.16. The zero-order chi connectivity index (χ0) is 34.2. The van der Waals surface area contributed by atoms with Crippen LogP contribution in [0.1, 0.15) is 76.2 Å². The van der Waals surface area contributed by atoms with E-state index in [1.54, 1.807) is 4.73 Å². The van der Waals surface area contributed by atoms with Gasteiger partial charge in [0.15, 0.2) is 5.82 Å². The number of nitrogen functional groups attached to an aromatic ring is 1. The maximum Gasteiger partial charge on any atom is 0.253 e. The number of unbranched alkanes of at least 4 members (excludes halogenated alkanes) is 2. The minimum absolute atomic E-state index is 0.0894. The molecule has 48 heavy (non-hydrogen) atoms. The summed E-state index contributed by atoms with van der Waals surface area (Å²) in [6, 6.07) is 16.0. The first-order valence-electron chi connectivity index (χ1n) is 17.1. The molecule has 0 aliphatic rings. The number of aryl methyl sites for hydroxylation is 1. The van der Waals surface area contributed by atoms with Crippen molar-refractivity contribution in [2.24, 2.45) is 5.92 Å². The highest BCUT2D eigenvalue weighted by Crippen LogP contribution is 2.28. The fourth-order valence-electron chi connectivity index (χ4n) is 5.87. The van der Waals surface area contributed by atoms with Crippen LogP contribution in [-0.4, -0.2) is 46.8 Å². The summed E-state index contributed by atoms with van der Waals surface area (Å²) in [5.41, 5.74) is 10.2. The van der Waals surface area contributed by atoms with E-state index in [2.05, 4.69) is 53.8 Å². The van der Waals surface area contributed by atoms with Gasteiger partial charge in [-0.25, -0.2) is 9.97 Å². The second-order valence-corrected chi connectivity index (χ2v) is 12.8. The Labute approximate surface area is 280 Å². The van der Waals surface area contributed by atoms with Crippen LogP contribution in [0.2, 0.25) is 0 Å². The molecule has 2 aromatic heterocycles. The SMILES string of the molecule is CCCCc1nc2c(N)nc3ccccc3c2n1OCCCCNc1c(NCCNC(=O)C(C)c2ccc(CC(C)C)cc2)c(=O)c1=O. The average Bonchev–Trinajstić information content (AvgIpc) is 3.45. The number of benzene rings is 2. The molecule has 2 heterocycles. The molecule has 1 atom stereocenters. The first-order chi connectivity index (χ1) is 23.2. The molecule has 5 rings (SSSR count). The molecule has 0 aliphatic heterocycles. The van der Waals surface area contributed by atoms with Gasteiger partial charge in [0.05, 0.1) is 11.4 Å². The molecule has 1 amide bonds. The van der Waals surface area contributed by atoms with E-state index in [0.717, 1.165) is 53.5 Å². The molecule has 0 saturated heterocycles. The van der Waals surface area contributed by atoms with Crippen LogP contribution in [-0.2, 0) is 17.6 Å². The number of fused-ring (bicyclic) bond motifs is 3. The van der Waals surface area contributed by atoms with Crippen molar-refractivity contribution in [2.45, 2.75) is 72.1 Å². The van der Waals surface area contributed by atoms with Crippen LogP contribution in [0.4, 0.5) is 17.2 Å². The number of nitrogens with zero attached hydrogens (tertiary/aromatic N) is 3. The summed E-state index contributed by atoms with van der Waals surface area (Å²) in [5, 5.41) is 9.98. The predicted octanol–water partition coefficient (Wildman–Crippen LogP) is 4.96. The standard InChI is InChI=1S/C37H47N7O4/c1-5-6-13-29-43-32-33(27-11-7-8-12-28(27)42-36(32)38)44(29)48-21-10-9-18-39-30-31(35(46)34(30)45)40-19-20-41-37(47)24(4)26-16-14-25(15-17-26)22-23(2)3/h7-8,11-12,14-17,23-24,39-40H,5-6,9-10,13,18-22H2,1-4H3,(H2,38,42)(H,41,47). The minimum atomic E-state index is -0.547. The van der Waals surface area contributed by atoms with Crippen molar-refractivity contribution >= 4 is 45.0 Å². The number of pyridine rings is 1. The Morgan fingerprint density at radius 3 is 2.31 bits per heavy atom. The number of hydrogen-bond acceptors (Lipinski definition) is 9. The highest BCUT2D eigenvalue weighted by Gasteiger charge is 2.21. The molecule has 0 saturated carbocycles. The van der Waals surface area contributed by atoms with E-state index in [4.69, 9.17) is 15.6 Å². The molecule has 5 aromatic rings. The molecule has 3 aromatic carbocycles. The molecule has 0 bridgehead atoms. The summed E-state index contributed by atoms with van der Waals surface area (Å²) < 4.78 is 1.81. The van der Waals surface area contributed by atoms with Gasteiger partial charge in [0.25, 0.3) is 10.9 Å². The smallest absolute Gasteiger partial charge is 0.253 e. The second kappa shape index (κ2) is 15.8. The summed E-state index contributed by atoms with van der Waals surface area (Å²) in [6.07, 6.45) is 5.19. The molecule has 11 heteroatoms. The number of rotatable bonds is 18. The van der Waals surface area contributed by atoms with E-state index in [9.17, 15) is 14.4 Å². The third-order valence-corrected chi connectivity index (χ3v) is 8.55. The maximum absolute atomic E-state index is 12.7. The number of imidazole rings is 1. The Bertz CT molecular complexity index is 1920. The van der Waals surface area contributed by atoms with E-state index in [0.29, 0.717) is 62.0 Å². The zero-order valence-corrected chi connectivity index (χ0v) is 28.4. The molecule has 0 fully saturated rings. The van der Waals surface area contributed by atoms with Gasteiger partial charge in [-0.05, 0) is 55.7 Å². The van der Waals surface area contributed by atoms with Crippen LogP contribution in [0.5, 0.6) is 0 Å². The summed E-state index contributed by atoms with van der Waals surface area (Å²) >= 11 is 0. The van der Waals surface area contributed by atoms with E-state index in [1.165, 1.54) is 5.56 Å². The summed E-state index contributed by atoms with van der Waals surface area (Å²) in [4.78, 5) is 52.8. The molecule has 1 unspecified atom stereocenters. The summed E-state index contributed by atoms with van der Waals surface area (Å²) in [7, 11) is 0. The third-order valence-electron chi connectivity index (χ3n) is 8.55. The van der Waals surface area contributed by atoms with Crippen molar-refractivity contribution in [1.82, 2.24) is 20.0 Å². The Hall–Kier alpha value is -4.93. The Morgan fingerprint density at radius 1 is 0.896 bits per heavy atom. The molecule has 0 radical (unpaired) electrons. The molecule has 0 aliphatic carbocycles. The molecule has 0 spiro atoms. The van der Waals surface area contributed by atoms with Crippen molar-refractivity contribution < 1.29 is 9.63 Å². The number of carbonyl (C=O) groups is 1. The first-order valence-corrected chi connectivity index (χ1v) is 17.1. The lowest BCUT2D eigenvalue weighted by Crippen LogP contribution is -2.39. The second-order valence-electron chi connectivity index (χ2n) is 12.8. The van der Waals surface area contributed by atoms with Crippen LogP contribution in [0, 0.1) is 5.92 Å². The van der Waals surface area contributed by atoms with Gasteiger partial charge >= 0.3 is 0 Å². The van der Waals surface area contributed by atoms with E-state index < -0.39 is 10.9 Å². The zero-order valence-electron chi connectivity index (χ0n) is 28.4. The Morgan fingerprint density at radius 2 is 1.60 bits per heavy atom. The van der Waals surface area contributed by atoms with E-state index in [-0.39, 0.29) is 17.5 Å². The third kappa shape index (κ3) is 7.78. The fourth-order valence-corrected chi connectivity index (χ4v) is 5.87. The number of anilines is 3. The minimum Gasteiger partial charge on any atom is -0.412 e. The summed E-state index contributed by atoms with van der Waals surface area (Å²) in [5.74, 6) is 1.39. The van der Waals surface area contributed by atoms with Crippen molar-refractivity contribution in [1.29, 1.82) is 0 Å². The molecule has 254 valence electrons. The van der Waals surface area contributed by atoms with Gasteiger partial charge in [0, 0.05) is 31.4 Å². The van der Waals surface area contributed by atoms with Crippen molar-refractivity contribution in [3.05, 3.63) is 85.9 Å². The van der Waals surface area contributed by atoms with Crippen LogP contribution in [0.3, 0.4) is 0 Å². The van der Waals surface area contributed by atoms with Crippen LogP contribution in [0.25, 0.3) is 21.9 Å². The lowest BCUT2D eigenvalue weighted by molar-refractivity contribution is -0.122. The molecular weight excluding hydrogens is 606 g/mol. The van der Waals surface area contributed by atoms with Gasteiger partial charge in [0.2, 0.25) is 5.91 Å². The fraction of sp³-hybridized carbons (Fsp3) is 0.432. The number of amides is 1. The van der Waals surface area contributed by atoms with Crippen LogP contribution < -0.4 is 37.4 Å². The molecule has 5 N–H and O–H groups in total. The number of nitrogens with one attached hydrogen (secondary N) is 3. The predicted molar refractivity (Wildman–Crippen MR) is 193 cm³/mol. The topological polar surface area (TPSA) is 153 Å². The number of hydrogen-bond donors (Lipinski definition) is 4. The van der Waals surface area contributed by atoms with Gasteiger partial charge in [-0.15, -0.1) is 0 Å². The monoisotopic (exact) mass is 653 g/mol. The lowest BCUT2D eigenvalue weighted by atomic mass is 9.96. The maximum atomic E-state index is 12.7. The quantitative estimate of drug-likeness (QED) is 0.0760. The number of para-hydroxylation sites is 1. The normalized spacial score (nSPS) is 12.2. The number of nitrogens with two attached hydrogens (primary N) is 1. The van der Waals surface area contributed by atoms with Crippen molar-refractivity contribution in [3.8, 4) is 0 Å². The largest absolute Gasteiger partial charge is 0.412 e. The van der Waals surface area contributed by atoms with Crippen LogP contribution >= 0.6 is 0 Å². The van der Waals surface area contributed by atoms with Crippen LogP contribution in [0.15, 0.2) is 58.1 Å². The van der Waals surface area contributed by atoms with Gasteiger partial charge in [-0.2, -0.15) is 4.73 Å². The van der Waals surface area contributed by atoms with E-state index >= 15 is 0 Å². The van der Waals surface area contributed by atoms with Gasteiger partial charge in [-0.3, -0.25) is 14.4 Å². The van der Waals surface area contributed by atoms with Gasteiger partial charge in [-0.1, -0.05) is 69.7 Å². The summed E-state index contributed by atoms with van der Waals surface area (Å²) in [6.45, 7) is 9.96. The highest BCUT2D eigenvalue weighted by molar-refractivity contribution is 6.06. The van der Waals surface area contributed by atoms with Crippen molar-refractivity contribution in [3.63, 3.8) is 0 Å². The van der Waals surface area contributed by atoms with Gasteiger partial charge in [0.1, 0.15) is 34.8 Å². The average molecular weight is 654 g/mol. The molecule has 11 nitrogen and oxygen atoms in total. The molecular formula is C37H47N7O4. The highest BCUT2D eigenvalue weighted by atomic mass is 16.7. The Kier molecular flexibility index (Phi) is 11.3. The van der Waals surface area contributed by atoms with E-state index in [1.807, 2.05) is 43.3 Å². The number of carbonyl (C=O) groups excluding carboxylic acids is 1. The Balaban J connectivity index is 1.08. The number of aromatic nitrogens is 3. The first kappa shape index (κ1) is 34.4.